The number of rotatable bonds is 8. The number of alkyl halides is 3. The molecule has 7 heteroatoms. The van der Waals surface area contributed by atoms with Gasteiger partial charge in [0.05, 0.1) is 25.2 Å². The fourth-order valence-corrected chi connectivity index (χ4v) is 1.67. The first kappa shape index (κ1) is 17.5. The van der Waals surface area contributed by atoms with E-state index in [-0.39, 0.29) is 25.5 Å². The number of aliphatic hydroxyl groups is 1. The first-order valence-electron chi connectivity index (χ1n) is 6.55. The highest BCUT2D eigenvalue weighted by Crippen LogP contribution is 2.29. The van der Waals surface area contributed by atoms with Gasteiger partial charge < -0.3 is 15.2 Å². The summed E-state index contributed by atoms with van der Waals surface area (Å²) >= 11 is 0. The molecule has 1 aromatic rings. The lowest BCUT2D eigenvalue weighted by Crippen LogP contribution is -2.27. The Morgan fingerprint density at radius 1 is 1.29 bits per heavy atom. The Kier molecular flexibility index (Phi) is 7.18. The van der Waals surface area contributed by atoms with Gasteiger partial charge in [0.2, 0.25) is 5.91 Å². The summed E-state index contributed by atoms with van der Waals surface area (Å²) < 4.78 is 42.6. The largest absolute Gasteiger partial charge is 0.416 e. The van der Waals surface area contributed by atoms with Crippen LogP contribution < -0.4 is 5.32 Å². The molecule has 0 aromatic heterocycles. The Hall–Kier alpha value is -1.60. The third-order valence-electron chi connectivity index (χ3n) is 2.64. The average Bonchev–Trinajstić information content (AvgIpc) is 2.42. The van der Waals surface area contributed by atoms with Gasteiger partial charge in [0.15, 0.2) is 0 Å². The van der Waals surface area contributed by atoms with Crippen LogP contribution in [0, 0.1) is 0 Å². The summed E-state index contributed by atoms with van der Waals surface area (Å²) in [5.74, 6) is -0.337. The first-order chi connectivity index (χ1) is 9.93. The van der Waals surface area contributed by atoms with E-state index in [0.29, 0.717) is 25.1 Å². The van der Waals surface area contributed by atoms with E-state index in [1.54, 1.807) is 0 Å². The number of amides is 1. The van der Waals surface area contributed by atoms with E-state index >= 15 is 0 Å². The van der Waals surface area contributed by atoms with Crippen LogP contribution in [0.3, 0.4) is 0 Å². The number of ether oxygens (including phenoxy) is 1. The molecule has 0 bridgehead atoms. The Morgan fingerprint density at radius 3 is 2.71 bits per heavy atom. The first-order valence-corrected chi connectivity index (χ1v) is 6.55. The normalized spacial score (nSPS) is 11.4. The van der Waals surface area contributed by atoms with Crippen LogP contribution in [0.4, 0.5) is 13.2 Å². The van der Waals surface area contributed by atoms with Gasteiger partial charge in [-0.3, -0.25) is 4.79 Å². The minimum Gasteiger partial charge on any atom is -0.394 e. The molecule has 0 atom stereocenters. The molecule has 0 saturated carbocycles. The van der Waals surface area contributed by atoms with E-state index in [4.69, 9.17) is 9.84 Å². The number of nitrogens with one attached hydrogen (secondary N) is 1. The van der Waals surface area contributed by atoms with Crippen molar-refractivity contribution >= 4 is 5.91 Å². The standard InChI is InChI=1S/C14H18F3NO3/c15-14(16,17)12-4-1-3-11(9-12)10-13(20)18-5-2-7-21-8-6-19/h1,3-4,9,19H,2,5-8,10H2,(H,18,20). The minimum absolute atomic E-state index is 0.0537. The number of halogens is 3. The van der Waals surface area contributed by atoms with Crippen molar-refractivity contribution in [2.24, 2.45) is 0 Å². The lowest BCUT2D eigenvalue weighted by atomic mass is 10.1. The van der Waals surface area contributed by atoms with E-state index in [0.717, 1.165) is 12.1 Å². The van der Waals surface area contributed by atoms with Gasteiger partial charge in [-0.05, 0) is 18.1 Å². The van der Waals surface area contributed by atoms with Crippen LogP contribution in [-0.4, -0.2) is 37.4 Å². The van der Waals surface area contributed by atoms with Gasteiger partial charge in [-0.15, -0.1) is 0 Å². The van der Waals surface area contributed by atoms with Crippen molar-refractivity contribution in [2.45, 2.75) is 19.0 Å². The lowest BCUT2D eigenvalue weighted by molar-refractivity contribution is -0.137. The van der Waals surface area contributed by atoms with Gasteiger partial charge in [0.25, 0.3) is 0 Å². The predicted octanol–water partition coefficient (Wildman–Crippen LogP) is 1.76. The van der Waals surface area contributed by atoms with Crippen LogP contribution in [0.5, 0.6) is 0 Å². The molecule has 1 amide bonds. The van der Waals surface area contributed by atoms with Crippen molar-refractivity contribution in [1.82, 2.24) is 5.32 Å². The lowest BCUT2D eigenvalue weighted by Gasteiger charge is -2.09. The number of benzene rings is 1. The van der Waals surface area contributed by atoms with Crippen LogP contribution >= 0.6 is 0 Å². The molecule has 2 N–H and O–H groups in total. The van der Waals surface area contributed by atoms with E-state index in [9.17, 15) is 18.0 Å². The second-order valence-electron chi connectivity index (χ2n) is 4.41. The summed E-state index contributed by atoms with van der Waals surface area (Å²) in [6.07, 6.45) is -3.92. The highest BCUT2D eigenvalue weighted by Gasteiger charge is 2.30. The van der Waals surface area contributed by atoms with Gasteiger partial charge >= 0.3 is 6.18 Å². The van der Waals surface area contributed by atoms with Gasteiger partial charge in [-0.25, -0.2) is 0 Å². The molecule has 4 nitrogen and oxygen atoms in total. The number of aliphatic hydroxyl groups excluding tert-OH is 1. The fraction of sp³-hybridized carbons (Fsp3) is 0.500. The molecule has 0 radical (unpaired) electrons. The monoisotopic (exact) mass is 305 g/mol. The van der Waals surface area contributed by atoms with Crippen molar-refractivity contribution in [3.8, 4) is 0 Å². The molecular formula is C14H18F3NO3. The zero-order chi connectivity index (χ0) is 15.7. The molecule has 0 aliphatic rings. The van der Waals surface area contributed by atoms with E-state index in [1.165, 1.54) is 12.1 Å². The van der Waals surface area contributed by atoms with Gasteiger partial charge in [-0.1, -0.05) is 18.2 Å². The highest BCUT2D eigenvalue weighted by molar-refractivity contribution is 5.78. The summed E-state index contributed by atoms with van der Waals surface area (Å²) in [7, 11) is 0. The molecule has 0 heterocycles. The molecule has 0 saturated heterocycles. The van der Waals surface area contributed by atoms with Crippen molar-refractivity contribution < 1.29 is 27.8 Å². The van der Waals surface area contributed by atoms with Crippen LogP contribution in [-0.2, 0) is 22.1 Å². The number of hydrogen-bond acceptors (Lipinski definition) is 3. The third-order valence-corrected chi connectivity index (χ3v) is 2.64. The second-order valence-corrected chi connectivity index (χ2v) is 4.41. The van der Waals surface area contributed by atoms with Crippen molar-refractivity contribution in [3.05, 3.63) is 35.4 Å². The topological polar surface area (TPSA) is 58.6 Å². The molecule has 1 rings (SSSR count). The quantitative estimate of drug-likeness (QED) is 0.720. The predicted molar refractivity (Wildman–Crippen MR) is 70.7 cm³/mol. The molecule has 118 valence electrons. The minimum atomic E-state index is -4.41. The maximum atomic E-state index is 12.5. The SMILES string of the molecule is O=C(Cc1cccc(C(F)(F)F)c1)NCCCOCCO. The van der Waals surface area contributed by atoms with E-state index in [1.807, 2.05) is 0 Å². The number of hydrogen-bond donors (Lipinski definition) is 2. The summed E-state index contributed by atoms with van der Waals surface area (Å²) in [4.78, 5) is 11.6. The number of carbonyl (C=O) groups excluding carboxylic acids is 1. The van der Waals surface area contributed by atoms with Crippen LogP contribution in [0.1, 0.15) is 17.5 Å². The molecule has 0 fully saturated rings. The molecule has 0 spiro atoms. The molecule has 0 aliphatic heterocycles. The van der Waals surface area contributed by atoms with Gasteiger partial charge in [0.1, 0.15) is 0 Å². The zero-order valence-corrected chi connectivity index (χ0v) is 11.4. The maximum Gasteiger partial charge on any atom is 0.416 e. The molecule has 0 aliphatic carbocycles. The van der Waals surface area contributed by atoms with Crippen molar-refractivity contribution in [3.63, 3.8) is 0 Å². The van der Waals surface area contributed by atoms with Crippen LogP contribution in [0.25, 0.3) is 0 Å². The van der Waals surface area contributed by atoms with E-state index < -0.39 is 11.7 Å². The summed E-state index contributed by atoms with van der Waals surface area (Å²) in [6, 6.07) is 4.72. The Labute approximate surface area is 120 Å². The van der Waals surface area contributed by atoms with Gasteiger partial charge in [-0.2, -0.15) is 13.2 Å². The molecule has 21 heavy (non-hydrogen) atoms. The maximum absolute atomic E-state index is 12.5. The second kappa shape index (κ2) is 8.63. The third kappa shape index (κ3) is 7.10. The summed E-state index contributed by atoms with van der Waals surface area (Å²) in [5, 5.41) is 11.1. The van der Waals surface area contributed by atoms with Crippen molar-refractivity contribution in [1.29, 1.82) is 0 Å². The summed E-state index contributed by atoms with van der Waals surface area (Å²) in [5.41, 5.74) is -0.441. The molecular weight excluding hydrogens is 287 g/mol. The highest BCUT2D eigenvalue weighted by atomic mass is 19.4. The summed E-state index contributed by atoms with van der Waals surface area (Å²) in [6.45, 7) is 0.980. The Morgan fingerprint density at radius 2 is 2.05 bits per heavy atom. The molecule has 0 unspecified atom stereocenters. The Balaban J connectivity index is 2.35. The van der Waals surface area contributed by atoms with Gasteiger partial charge in [0, 0.05) is 13.2 Å². The van der Waals surface area contributed by atoms with E-state index in [2.05, 4.69) is 5.32 Å². The number of carbonyl (C=O) groups is 1. The average molecular weight is 305 g/mol. The Bertz CT molecular complexity index is 449. The van der Waals surface area contributed by atoms with Crippen molar-refractivity contribution in [2.75, 3.05) is 26.4 Å². The zero-order valence-electron chi connectivity index (χ0n) is 11.4. The molecule has 1 aromatic carbocycles. The van der Waals surface area contributed by atoms with Crippen LogP contribution in [0.15, 0.2) is 24.3 Å². The smallest absolute Gasteiger partial charge is 0.394 e. The van der Waals surface area contributed by atoms with Crippen LogP contribution in [0.2, 0.25) is 0 Å². The fourth-order valence-electron chi connectivity index (χ4n) is 1.67.